The number of urea groups is 1. The van der Waals surface area contributed by atoms with Crippen molar-refractivity contribution >= 4 is 12.0 Å². The fraction of sp³-hybridized carbons (Fsp3) is 0.800. The van der Waals surface area contributed by atoms with E-state index in [1.165, 1.54) is 20.8 Å². The van der Waals surface area contributed by atoms with E-state index in [-0.39, 0.29) is 13.0 Å². The highest BCUT2D eigenvalue weighted by Crippen LogP contribution is 2.17. The third-order valence-electron chi connectivity index (χ3n) is 2.60. The van der Waals surface area contributed by atoms with Crippen molar-refractivity contribution in [3.63, 3.8) is 0 Å². The molecule has 2 N–H and O–H groups in total. The molecule has 0 rings (SSSR count). The summed E-state index contributed by atoms with van der Waals surface area (Å²) in [7, 11) is 0. The van der Waals surface area contributed by atoms with Crippen LogP contribution in [0.4, 0.5) is 18.0 Å². The summed E-state index contributed by atoms with van der Waals surface area (Å²) in [5, 5.41) is 11.0. The van der Waals surface area contributed by atoms with Gasteiger partial charge in [-0.3, -0.25) is 0 Å². The molecule has 0 aromatic heterocycles. The van der Waals surface area contributed by atoms with E-state index in [1.54, 1.807) is 0 Å². The van der Waals surface area contributed by atoms with Gasteiger partial charge in [-0.2, -0.15) is 13.2 Å². The van der Waals surface area contributed by atoms with Crippen molar-refractivity contribution in [1.82, 2.24) is 10.2 Å². The van der Waals surface area contributed by atoms with Crippen LogP contribution in [0.1, 0.15) is 27.2 Å². The Morgan fingerprint density at radius 1 is 1.28 bits per heavy atom. The fourth-order valence-electron chi connectivity index (χ4n) is 1.15. The minimum Gasteiger partial charge on any atom is -0.480 e. The molecule has 1 atom stereocenters. The summed E-state index contributed by atoms with van der Waals surface area (Å²) in [6.07, 6.45) is -4.45. The second kappa shape index (κ2) is 5.92. The molecule has 0 spiro atoms. The molecule has 0 fully saturated rings. The predicted octanol–water partition coefficient (Wildman–Crippen LogP) is 1.83. The molecular weight excluding hydrogens is 253 g/mol. The number of aliphatic carboxylic acids is 1. The second-order valence-corrected chi connectivity index (χ2v) is 4.05. The van der Waals surface area contributed by atoms with E-state index in [1.807, 2.05) is 0 Å². The monoisotopic (exact) mass is 270 g/mol. The lowest BCUT2D eigenvalue weighted by atomic mass is 10.00. The van der Waals surface area contributed by atoms with Crippen LogP contribution < -0.4 is 5.32 Å². The lowest BCUT2D eigenvalue weighted by Gasteiger charge is -2.29. The summed E-state index contributed by atoms with van der Waals surface area (Å²) >= 11 is 0. The number of carbonyl (C=O) groups excluding carboxylic acids is 1. The lowest BCUT2D eigenvalue weighted by molar-refractivity contribution is -0.144. The topological polar surface area (TPSA) is 69.6 Å². The number of amides is 2. The van der Waals surface area contributed by atoms with Gasteiger partial charge in [0, 0.05) is 6.54 Å². The first-order chi connectivity index (χ1) is 8.05. The zero-order valence-electron chi connectivity index (χ0n) is 10.5. The fourth-order valence-corrected chi connectivity index (χ4v) is 1.15. The van der Waals surface area contributed by atoms with Crippen LogP contribution in [-0.4, -0.2) is 46.8 Å². The Bertz CT molecular complexity index is 320. The van der Waals surface area contributed by atoms with Crippen molar-refractivity contribution in [2.75, 3.05) is 13.1 Å². The van der Waals surface area contributed by atoms with Crippen LogP contribution in [-0.2, 0) is 4.79 Å². The van der Waals surface area contributed by atoms with E-state index in [2.05, 4.69) is 5.32 Å². The Hall–Kier alpha value is -1.47. The van der Waals surface area contributed by atoms with Gasteiger partial charge in [-0.05, 0) is 20.3 Å². The molecule has 0 bridgehead atoms. The highest BCUT2D eigenvalue weighted by molar-refractivity contribution is 5.85. The van der Waals surface area contributed by atoms with Crippen molar-refractivity contribution in [2.24, 2.45) is 0 Å². The SMILES string of the molecule is CCN(CC(F)(F)F)C(=O)NC(C)(CC)C(=O)O. The molecule has 1 unspecified atom stereocenters. The minimum atomic E-state index is -4.51. The molecule has 106 valence electrons. The zero-order chi connectivity index (χ0) is 14.6. The van der Waals surface area contributed by atoms with Crippen LogP contribution in [0.5, 0.6) is 0 Å². The largest absolute Gasteiger partial charge is 0.480 e. The number of nitrogens with zero attached hydrogens (tertiary/aromatic N) is 1. The van der Waals surface area contributed by atoms with E-state index in [9.17, 15) is 22.8 Å². The minimum absolute atomic E-state index is 0.0671. The number of carboxylic acids is 1. The van der Waals surface area contributed by atoms with Gasteiger partial charge in [0.1, 0.15) is 12.1 Å². The van der Waals surface area contributed by atoms with Gasteiger partial charge in [0.05, 0.1) is 0 Å². The first-order valence-corrected chi connectivity index (χ1v) is 5.43. The number of alkyl halides is 3. The molecule has 0 aliphatic carbocycles. The van der Waals surface area contributed by atoms with Crippen LogP contribution in [0.2, 0.25) is 0 Å². The molecule has 0 aromatic carbocycles. The smallest absolute Gasteiger partial charge is 0.406 e. The van der Waals surface area contributed by atoms with Gasteiger partial charge in [0.15, 0.2) is 0 Å². The first kappa shape index (κ1) is 16.5. The van der Waals surface area contributed by atoms with Crippen molar-refractivity contribution < 1.29 is 27.9 Å². The number of nitrogens with one attached hydrogen (secondary N) is 1. The van der Waals surface area contributed by atoms with Crippen LogP contribution in [0, 0.1) is 0 Å². The average Bonchev–Trinajstić information content (AvgIpc) is 2.23. The van der Waals surface area contributed by atoms with E-state index >= 15 is 0 Å². The number of rotatable bonds is 5. The molecule has 0 aliphatic rings. The summed E-state index contributed by atoms with van der Waals surface area (Å²) in [4.78, 5) is 23.0. The molecule has 18 heavy (non-hydrogen) atoms. The van der Waals surface area contributed by atoms with Gasteiger partial charge in [-0.25, -0.2) is 9.59 Å². The van der Waals surface area contributed by atoms with Gasteiger partial charge in [0.25, 0.3) is 0 Å². The van der Waals surface area contributed by atoms with Crippen LogP contribution in [0.3, 0.4) is 0 Å². The molecule has 0 aliphatic heterocycles. The third-order valence-corrected chi connectivity index (χ3v) is 2.60. The summed E-state index contributed by atoms with van der Waals surface area (Å²) in [6, 6.07) is -1.04. The van der Waals surface area contributed by atoms with Gasteiger partial charge in [-0.1, -0.05) is 6.92 Å². The Morgan fingerprint density at radius 2 is 1.78 bits per heavy atom. The second-order valence-electron chi connectivity index (χ2n) is 4.05. The Kier molecular flexibility index (Phi) is 5.44. The maximum absolute atomic E-state index is 12.2. The van der Waals surface area contributed by atoms with Gasteiger partial charge >= 0.3 is 18.2 Å². The first-order valence-electron chi connectivity index (χ1n) is 5.43. The number of hydrogen-bond acceptors (Lipinski definition) is 2. The van der Waals surface area contributed by atoms with Crippen LogP contribution >= 0.6 is 0 Å². The Balaban J connectivity index is 4.77. The quantitative estimate of drug-likeness (QED) is 0.800. The summed E-state index contributed by atoms with van der Waals surface area (Å²) in [6.45, 7) is 2.58. The third kappa shape index (κ3) is 4.80. The average molecular weight is 270 g/mol. The molecule has 5 nitrogen and oxygen atoms in total. The lowest BCUT2D eigenvalue weighted by Crippen LogP contribution is -2.56. The Morgan fingerprint density at radius 3 is 2.06 bits per heavy atom. The van der Waals surface area contributed by atoms with Crippen LogP contribution in [0.15, 0.2) is 0 Å². The molecular formula is C10H17F3N2O3. The molecule has 0 saturated carbocycles. The summed E-state index contributed by atoms with van der Waals surface area (Å²) in [5.74, 6) is -1.29. The molecule has 0 heterocycles. The van der Waals surface area contributed by atoms with Crippen molar-refractivity contribution in [1.29, 1.82) is 0 Å². The van der Waals surface area contributed by atoms with Crippen molar-refractivity contribution in [3.05, 3.63) is 0 Å². The normalized spacial score (nSPS) is 14.8. The van der Waals surface area contributed by atoms with Crippen LogP contribution in [0.25, 0.3) is 0 Å². The number of halogens is 3. The van der Waals surface area contributed by atoms with E-state index < -0.39 is 30.3 Å². The number of carboxylic acid groups (broad SMARTS) is 1. The van der Waals surface area contributed by atoms with Gasteiger partial charge in [0.2, 0.25) is 0 Å². The van der Waals surface area contributed by atoms with Crippen molar-refractivity contribution in [3.8, 4) is 0 Å². The molecule has 0 saturated heterocycles. The maximum Gasteiger partial charge on any atom is 0.406 e. The molecule has 0 radical (unpaired) electrons. The maximum atomic E-state index is 12.2. The molecule has 2 amide bonds. The Labute approximate surface area is 103 Å². The highest BCUT2D eigenvalue weighted by Gasteiger charge is 2.37. The summed E-state index contributed by atoms with van der Waals surface area (Å²) in [5.41, 5.74) is -1.57. The summed E-state index contributed by atoms with van der Waals surface area (Å²) < 4.78 is 36.6. The predicted molar refractivity (Wildman–Crippen MR) is 58.2 cm³/mol. The highest BCUT2D eigenvalue weighted by atomic mass is 19.4. The van der Waals surface area contributed by atoms with Gasteiger partial charge < -0.3 is 15.3 Å². The molecule has 0 aromatic rings. The number of hydrogen-bond donors (Lipinski definition) is 2. The van der Waals surface area contributed by atoms with E-state index in [4.69, 9.17) is 5.11 Å². The van der Waals surface area contributed by atoms with Gasteiger partial charge in [-0.15, -0.1) is 0 Å². The van der Waals surface area contributed by atoms with E-state index in [0.29, 0.717) is 4.90 Å². The van der Waals surface area contributed by atoms with Crippen molar-refractivity contribution in [2.45, 2.75) is 38.9 Å². The number of carbonyl (C=O) groups is 2. The standard InChI is InChI=1S/C10H17F3N2O3/c1-4-9(3,7(16)17)14-8(18)15(5-2)6-10(11,12)13/h4-6H2,1-3H3,(H,14,18)(H,16,17). The zero-order valence-corrected chi connectivity index (χ0v) is 10.5. The molecule has 8 heteroatoms. The van der Waals surface area contributed by atoms with E-state index in [0.717, 1.165) is 0 Å².